The van der Waals surface area contributed by atoms with E-state index in [1.165, 1.54) is 37.9 Å². The van der Waals surface area contributed by atoms with Gasteiger partial charge in [0, 0.05) is 6.54 Å². The predicted molar refractivity (Wildman–Crippen MR) is 69.6 cm³/mol. The summed E-state index contributed by atoms with van der Waals surface area (Å²) in [7, 11) is 0. The van der Waals surface area contributed by atoms with E-state index in [1.54, 1.807) is 6.07 Å². The van der Waals surface area contributed by atoms with Gasteiger partial charge < -0.3 is 0 Å². The molecule has 94 valence electrons. The van der Waals surface area contributed by atoms with Gasteiger partial charge in [-0.15, -0.1) is 0 Å². The molecule has 0 unspecified atom stereocenters. The first-order valence-corrected chi connectivity index (χ1v) is 6.67. The van der Waals surface area contributed by atoms with Crippen LogP contribution >= 0.6 is 0 Å². The van der Waals surface area contributed by atoms with E-state index in [1.807, 2.05) is 26.0 Å². The molecule has 0 amide bonds. The van der Waals surface area contributed by atoms with Crippen molar-refractivity contribution in [1.82, 2.24) is 4.90 Å². The molecular weight excluding hydrogens is 213 g/mol. The fourth-order valence-electron chi connectivity index (χ4n) is 2.51. The molecule has 0 atom stereocenters. The summed E-state index contributed by atoms with van der Waals surface area (Å²) in [6, 6.07) is 5.58. The summed E-state index contributed by atoms with van der Waals surface area (Å²) in [5, 5.41) is 0. The Morgan fingerprint density at radius 2 is 1.88 bits per heavy atom. The first-order valence-electron chi connectivity index (χ1n) is 6.67. The molecule has 1 aromatic rings. The van der Waals surface area contributed by atoms with Gasteiger partial charge in [0.25, 0.3) is 0 Å². The van der Waals surface area contributed by atoms with Crippen LogP contribution in [0.15, 0.2) is 18.2 Å². The summed E-state index contributed by atoms with van der Waals surface area (Å²) in [6.07, 6.45) is 3.97. The number of piperidine rings is 1. The number of benzene rings is 1. The van der Waals surface area contributed by atoms with Crippen molar-refractivity contribution >= 4 is 0 Å². The van der Waals surface area contributed by atoms with Crippen LogP contribution in [-0.2, 0) is 6.54 Å². The molecule has 1 fully saturated rings. The van der Waals surface area contributed by atoms with Crippen molar-refractivity contribution in [3.8, 4) is 0 Å². The van der Waals surface area contributed by atoms with E-state index in [4.69, 9.17) is 0 Å². The molecule has 17 heavy (non-hydrogen) atoms. The van der Waals surface area contributed by atoms with Gasteiger partial charge in [-0.2, -0.15) is 0 Å². The van der Waals surface area contributed by atoms with E-state index in [-0.39, 0.29) is 11.7 Å². The Bertz CT molecular complexity index is 367. The van der Waals surface area contributed by atoms with Crippen LogP contribution in [-0.4, -0.2) is 18.0 Å². The van der Waals surface area contributed by atoms with Crippen molar-refractivity contribution < 1.29 is 4.39 Å². The Morgan fingerprint density at radius 1 is 1.18 bits per heavy atom. The third-order valence-corrected chi connectivity index (χ3v) is 3.54. The maximum Gasteiger partial charge on any atom is 0.126 e. The Balaban J connectivity index is 2.07. The number of rotatable bonds is 3. The molecule has 0 aliphatic carbocycles. The first-order chi connectivity index (χ1) is 8.16. The van der Waals surface area contributed by atoms with Gasteiger partial charge in [-0.1, -0.05) is 32.4 Å². The van der Waals surface area contributed by atoms with Gasteiger partial charge in [-0.3, -0.25) is 4.90 Å². The average molecular weight is 235 g/mol. The van der Waals surface area contributed by atoms with E-state index in [0.717, 1.165) is 12.1 Å². The van der Waals surface area contributed by atoms with Gasteiger partial charge in [-0.05, 0) is 49.0 Å². The van der Waals surface area contributed by atoms with Crippen molar-refractivity contribution in [1.29, 1.82) is 0 Å². The second kappa shape index (κ2) is 5.63. The molecular formula is C15H22FN. The molecule has 2 heteroatoms. The van der Waals surface area contributed by atoms with Gasteiger partial charge in [-0.25, -0.2) is 4.39 Å². The van der Waals surface area contributed by atoms with E-state index in [2.05, 4.69) is 4.90 Å². The van der Waals surface area contributed by atoms with Gasteiger partial charge >= 0.3 is 0 Å². The van der Waals surface area contributed by atoms with Gasteiger partial charge in [0.1, 0.15) is 5.82 Å². The number of nitrogens with zero attached hydrogens (tertiary/aromatic N) is 1. The highest BCUT2D eigenvalue weighted by atomic mass is 19.1. The fraction of sp³-hybridized carbons (Fsp3) is 0.600. The van der Waals surface area contributed by atoms with Crippen LogP contribution in [0.25, 0.3) is 0 Å². The van der Waals surface area contributed by atoms with Crippen LogP contribution in [0.5, 0.6) is 0 Å². The molecule has 0 aromatic heterocycles. The minimum absolute atomic E-state index is 0.0672. The van der Waals surface area contributed by atoms with Crippen molar-refractivity contribution in [3.63, 3.8) is 0 Å². The largest absolute Gasteiger partial charge is 0.299 e. The van der Waals surface area contributed by atoms with Crippen molar-refractivity contribution in [2.75, 3.05) is 13.1 Å². The lowest BCUT2D eigenvalue weighted by atomic mass is 9.99. The van der Waals surface area contributed by atoms with Crippen LogP contribution in [0.3, 0.4) is 0 Å². The predicted octanol–water partition coefficient (Wildman–Crippen LogP) is 3.94. The van der Waals surface area contributed by atoms with E-state index < -0.39 is 0 Å². The Labute approximate surface area is 104 Å². The Kier molecular flexibility index (Phi) is 4.16. The zero-order valence-corrected chi connectivity index (χ0v) is 10.9. The normalized spacial score (nSPS) is 17.6. The first kappa shape index (κ1) is 12.6. The molecule has 1 nitrogen and oxygen atoms in total. The number of likely N-dealkylation sites (tertiary alicyclic amines) is 1. The summed E-state index contributed by atoms with van der Waals surface area (Å²) in [5.74, 6) is 0.193. The highest BCUT2D eigenvalue weighted by Gasteiger charge is 2.12. The maximum atomic E-state index is 13.6. The Morgan fingerprint density at radius 3 is 2.53 bits per heavy atom. The summed E-state index contributed by atoms with van der Waals surface area (Å²) >= 11 is 0. The third kappa shape index (κ3) is 3.29. The van der Waals surface area contributed by atoms with Crippen LogP contribution < -0.4 is 0 Å². The lowest BCUT2D eigenvalue weighted by Crippen LogP contribution is -2.29. The number of hydrogen-bond acceptors (Lipinski definition) is 1. The molecule has 1 heterocycles. The van der Waals surface area contributed by atoms with Crippen LogP contribution in [0.1, 0.15) is 50.2 Å². The van der Waals surface area contributed by atoms with E-state index in [0.29, 0.717) is 0 Å². The molecule has 1 aromatic carbocycles. The van der Waals surface area contributed by atoms with Crippen molar-refractivity contribution in [2.45, 2.75) is 45.6 Å². The van der Waals surface area contributed by atoms with Crippen molar-refractivity contribution in [2.24, 2.45) is 0 Å². The van der Waals surface area contributed by atoms with Crippen LogP contribution in [0, 0.1) is 5.82 Å². The molecule has 1 saturated heterocycles. The minimum atomic E-state index is -0.0672. The summed E-state index contributed by atoms with van der Waals surface area (Å²) in [6.45, 7) is 7.44. The fourth-order valence-corrected chi connectivity index (χ4v) is 2.51. The second-order valence-electron chi connectivity index (χ2n) is 5.35. The minimum Gasteiger partial charge on any atom is -0.299 e. The lowest BCUT2D eigenvalue weighted by Gasteiger charge is -2.26. The monoisotopic (exact) mass is 235 g/mol. The highest BCUT2D eigenvalue weighted by Crippen LogP contribution is 2.21. The van der Waals surface area contributed by atoms with Crippen LogP contribution in [0.2, 0.25) is 0 Å². The molecule has 1 aliphatic heterocycles. The van der Waals surface area contributed by atoms with E-state index in [9.17, 15) is 4.39 Å². The van der Waals surface area contributed by atoms with Crippen LogP contribution in [0.4, 0.5) is 4.39 Å². The molecule has 0 bridgehead atoms. The van der Waals surface area contributed by atoms with Gasteiger partial charge in [0.2, 0.25) is 0 Å². The standard InChI is InChI=1S/C15H22FN/c1-12(2)14-10-13(6-7-15(14)16)11-17-8-4-3-5-9-17/h6-7,10,12H,3-5,8-9,11H2,1-2H3. The quantitative estimate of drug-likeness (QED) is 0.767. The Hall–Kier alpha value is -0.890. The van der Waals surface area contributed by atoms with E-state index >= 15 is 0 Å². The summed E-state index contributed by atoms with van der Waals surface area (Å²) < 4.78 is 13.6. The second-order valence-corrected chi connectivity index (χ2v) is 5.35. The lowest BCUT2D eigenvalue weighted by molar-refractivity contribution is 0.221. The highest BCUT2D eigenvalue weighted by molar-refractivity contribution is 5.27. The third-order valence-electron chi connectivity index (χ3n) is 3.54. The SMILES string of the molecule is CC(C)c1cc(CN2CCCCC2)ccc1F. The molecule has 2 rings (SSSR count). The van der Waals surface area contributed by atoms with Crippen molar-refractivity contribution in [3.05, 3.63) is 35.1 Å². The molecule has 0 spiro atoms. The smallest absolute Gasteiger partial charge is 0.126 e. The number of halogens is 1. The molecule has 0 N–H and O–H groups in total. The molecule has 0 radical (unpaired) electrons. The number of hydrogen-bond donors (Lipinski definition) is 0. The zero-order chi connectivity index (χ0) is 12.3. The van der Waals surface area contributed by atoms with Gasteiger partial charge in [0.15, 0.2) is 0 Å². The maximum absolute atomic E-state index is 13.6. The zero-order valence-electron chi connectivity index (χ0n) is 10.9. The molecule has 0 saturated carbocycles. The average Bonchev–Trinajstić information content (AvgIpc) is 2.32. The summed E-state index contributed by atoms with van der Waals surface area (Å²) in [5.41, 5.74) is 2.09. The topological polar surface area (TPSA) is 3.24 Å². The molecule has 1 aliphatic rings. The van der Waals surface area contributed by atoms with Gasteiger partial charge in [0.05, 0.1) is 0 Å². The summed E-state index contributed by atoms with van der Waals surface area (Å²) in [4.78, 5) is 2.47.